The Labute approximate surface area is 102 Å². The predicted molar refractivity (Wildman–Crippen MR) is 59.6 cm³/mol. The van der Waals surface area contributed by atoms with Gasteiger partial charge in [-0.3, -0.25) is 0 Å². The van der Waals surface area contributed by atoms with Crippen LogP contribution in [0.25, 0.3) is 0 Å². The van der Waals surface area contributed by atoms with E-state index in [9.17, 15) is 8.78 Å². The lowest BCUT2D eigenvalue weighted by atomic mass is 10.2. The molecule has 1 aromatic rings. The minimum absolute atomic E-state index is 0.208. The van der Waals surface area contributed by atoms with E-state index < -0.39 is 18.5 Å². The first-order valence-corrected chi connectivity index (χ1v) is 5.55. The van der Waals surface area contributed by atoms with Crippen molar-refractivity contribution in [1.82, 2.24) is 9.97 Å². The van der Waals surface area contributed by atoms with E-state index in [1.54, 1.807) is 6.92 Å². The number of aromatic nitrogens is 2. The van der Waals surface area contributed by atoms with Crippen molar-refractivity contribution >= 4 is 17.4 Å². The fraction of sp³-hybridized carbons (Fsp3) is 0.600. The molecule has 94 valence electrons. The molecule has 0 amide bonds. The third-order valence-electron chi connectivity index (χ3n) is 2.67. The number of aliphatic hydroxyl groups is 1. The molecule has 0 bridgehead atoms. The molecule has 7 heteroatoms. The van der Waals surface area contributed by atoms with Gasteiger partial charge in [0, 0.05) is 12.5 Å². The summed E-state index contributed by atoms with van der Waals surface area (Å²) in [6.07, 6.45) is -0.371. The Hall–Kier alpha value is -1.01. The highest BCUT2D eigenvalue weighted by atomic mass is 35.5. The molecule has 1 aromatic heterocycles. The minimum Gasteiger partial charge on any atom is -0.394 e. The molecule has 1 N–H and O–H groups in total. The second kappa shape index (κ2) is 4.34. The molecule has 1 saturated heterocycles. The zero-order chi connectivity index (χ0) is 12.6. The number of alkyl halides is 2. The Balaban J connectivity index is 2.32. The molecule has 1 atom stereocenters. The smallest absolute Gasteiger partial charge is 0.267 e. The van der Waals surface area contributed by atoms with E-state index in [1.165, 1.54) is 11.0 Å². The van der Waals surface area contributed by atoms with Crippen LogP contribution in [0.3, 0.4) is 0 Å². The highest BCUT2D eigenvalue weighted by Crippen LogP contribution is 2.34. The molecule has 1 unspecified atom stereocenters. The van der Waals surface area contributed by atoms with Gasteiger partial charge in [-0.2, -0.15) is 0 Å². The average Bonchev–Trinajstić information content (AvgIpc) is 2.52. The number of halogens is 3. The van der Waals surface area contributed by atoms with Gasteiger partial charge in [0.05, 0.1) is 19.2 Å². The highest BCUT2D eigenvalue weighted by molar-refractivity contribution is 6.29. The molecule has 2 heterocycles. The molecule has 17 heavy (non-hydrogen) atoms. The van der Waals surface area contributed by atoms with Gasteiger partial charge in [-0.1, -0.05) is 11.6 Å². The first-order chi connectivity index (χ1) is 7.91. The lowest BCUT2D eigenvalue weighted by Crippen LogP contribution is -2.33. The van der Waals surface area contributed by atoms with Crippen molar-refractivity contribution in [3.8, 4) is 0 Å². The number of anilines is 1. The van der Waals surface area contributed by atoms with Crippen molar-refractivity contribution in [2.24, 2.45) is 0 Å². The summed E-state index contributed by atoms with van der Waals surface area (Å²) in [5.41, 5.74) is 0. The Bertz CT molecular complexity index is 410. The molecule has 1 fully saturated rings. The van der Waals surface area contributed by atoms with E-state index in [4.69, 9.17) is 16.7 Å². The normalized spacial score (nSPS) is 23.1. The van der Waals surface area contributed by atoms with Crippen LogP contribution in [0.5, 0.6) is 0 Å². The maximum atomic E-state index is 13.3. The SMILES string of the molecule is Cc1nc(Cl)cc(N2CC(F)(F)CC2CO)n1. The second-order valence-electron chi connectivity index (χ2n) is 4.12. The van der Waals surface area contributed by atoms with E-state index in [0.29, 0.717) is 11.6 Å². The zero-order valence-corrected chi connectivity index (χ0v) is 9.95. The van der Waals surface area contributed by atoms with Crippen molar-refractivity contribution in [1.29, 1.82) is 0 Å². The standard InChI is InChI=1S/C10H12ClF2N3O/c1-6-14-8(11)2-9(15-6)16-5-10(12,13)3-7(16)4-17/h2,7,17H,3-5H2,1H3. The summed E-state index contributed by atoms with van der Waals surface area (Å²) in [6, 6.07) is 0.800. The average molecular weight is 264 g/mol. The summed E-state index contributed by atoms with van der Waals surface area (Å²) in [6.45, 7) is 0.846. The van der Waals surface area contributed by atoms with E-state index in [1.807, 2.05) is 0 Å². The van der Waals surface area contributed by atoms with Gasteiger partial charge >= 0.3 is 0 Å². The fourth-order valence-corrected chi connectivity index (χ4v) is 2.21. The molecule has 0 radical (unpaired) electrons. The Kier molecular flexibility index (Phi) is 3.18. The quantitative estimate of drug-likeness (QED) is 0.825. The highest BCUT2D eigenvalue weighted by Gasteiger charge is 2.45. The van der Waals surface area contributed by atoms with Gasteiger partial charge in [0.1, 0.15) is 16.8 Å². The summed E-state index contributed by atoms with van der Waals surface area (Å²) in [7, 11) is 0. The van der Waals surface area contributed by atoms with Crippen LogP contribution in [-0.4, -0.2) is 40.2 Å². The first-order valence-electron chi connectivity index (χ1n) is 5.18. The van der Waals surface area contributed by atoms with Crippen LogP contribution >= 0.6 is 11.6 Å². The summed E-state index contributed by atoms with van der Waals surface area (Å²) in [5, 5.41) is 9.32. The molecule has 0 aromatic carbocycles. The zero-order valence-electron chi connectivity index (χ0n) is 9.20. The van der Waals surface area contributed by atoms with E-state index in [2.05, 4.69) is 9.97 Å². The van der Waals surface area contributed by atoms with Gasteiger partial charge in [-0.25, -0.2) is 18.7 Å². The topological polar surface area (TPSA) is 49.2 Å². The molecule has 2 rings (SSSR count). The summed E-state index contributed by atoms with van der Waals surface area (Å²) in [5.74, 6) is -2.06. The molecular weight excluding hydrogens is 252 g/mol. The van der Waals surface area contributed by atoms with E-state index in [-0.39, 0.29) is 18.2 Å². The van der Waals surface area contributed by atoms with Crippen LogP contribution < -0.4 is 4.90 Å². The molecule has 1 aliphatic heterocycles. The molecular formula is C10H12ClF2N3O. The minimum atomic E-state index is -2.81. The second-order valence-corrected chi connectivity index (χ2v) is 4.51. The van der Waals surface area contributed by atoms with Crippen molar-refractivity contribution in [3.63, 3.8) is 0 Å². The number of aryl methyl sites for hydroxylation is 1. The molecule has 0 spiro atoms. The van der Waals surface area contributed by atoms with Crippen LogP contribution in [-0.2, 0) is 0 Å². The Morgan fingerprint density at radius 2 is 2.29 bits per heavy atom. The van der Waals surface area contributed by atoms with Gasteiger partial charge in [-0.05, 0) is 6.92 Å². The van der Waals surface area contributed by atoms with E-state index in [0.717, 1.165) is 0 Å². The van der Waals surface area contributed by atoms with E-state index >= 15 is 0 Å². The molecule has 4 nitrogen and oxygen atoms in total. The third kappa shape index (κ3) is 2.63. The van der Waals surface area contributed by atoms with Crippen LogP contribution in [0.4, 0.5) is 14.6 Å². The fourth-order valence-electron chi connectivity index (χ4n) is 1.99. The monoisotopic (exact) mass is 263 g/mol. The van der Waals surface area contributed by atoms with Gasteiger partial charge in [-0.15, -0.1) is 0 Å². The van der Waals surface area contributed by atoms with Gasteiger partial charge in [0.15, 0.2) is 0 Å². The Morgan fingerprint density at radius 3 is 2.88 bits per heavy atom. The van der Waals surface area contributed by atoms with Crippen LogP contribution in [0.1, 0.15) is 12.2 Å². The van der Waals surface area contributed by atoms with Crippen molar-refractivity contribution in [2.45, 2.75) is 25.3 Å². The van der Waals surface area contributed by atoms with Gasteiger partial charge in [0.2, 0.25) is 0 Å². The van der Waals surface area contributed by atoms with Crippen LogP contribution in [0.15, 0.2) is 6.07 Å². The number of hydrogen-bond acceptors (Lipinski definition) is 4. The number of rotatable bonds is 2. The first kappa shape index (κ1) is 12.4. The van der Waals surface area contributed by atoms with Crippen LogP contribution in [0, 0.1) is 6.92 Å². The molecule has 0 aliphatic carbocycles. The van der Waals surface area contributed by atoms with Crippen molar-refractivity contribution in [2.75, 3.05) is 18.1 Å². The lowest BCUT2D eigenvalue weighted by Gasteiger charge is -2.23. The summed E-state index contributed by atoms with van der Waals surface area (Å²) >= 11 is 5.76. The van der Waals surface area contributed by atoms with Crippen LogP contribution in [0.2, 0.25) is 5.15 Å². The lowest BCUT2D eigenvalue weighted by molar-refractivity contribution is 0.0201. The maximum absolute atomic E-state index is 13.3. The van der Waals surface area contributed by atoms with Gasteiger partial charge in [0.25, 0.3) is 5.92 Å². The largest absolute Gasteiger partial charge is 0.394 e. The number of aliphatic hydroxyl groups excluding tert-OH is 1. The predicted octanol–water partition coefficient (Wildman–Crippen LogP) is 1.64. The van der Waals surface area contributed by atoms with Crippen molar-refractivity contribution < 1.29 is 13.9 Å². The maximum Gasteiger partial charge on any atom is 0.267 e. The Morgan fingerprint density at radius 1 is 1.59 bits per heavy atom. The number of nitrogens with zero attached hydrogens (tertiary/aromatic N) is 3. The third-order valence-corrected chi connectivity index (χ3v) is 2.87. The van der Waals surface area contributed by atoms with Crippen molar-refractivity contribution in [3.05, 3.63) is 17.0 Å². The summed E-state index contributed by atoms with van der Waals surface area (Å²) in [4.78, 5) is 9.31. The number of hydrogen-bond donors (Lipinski definition) is 1. The van der Waals surface area contributed by atoms with Gasteiger partial charge < -0.3 is 10.0 Å². The molecule has 0 saturated carbocycles. The molecule has 1 aliphatic rings. The summed E-state index contributed by atoms with van der Waals surface area (Å²) < 4.78 is 26.6.